The fraction of sp³-hybridized carbons (Fsp3) is 1.00. The molecule has 0 radical (unpaired) electrons. The van der Waals surface area contributed by atoms with Crippen molar-refractivity contribution in [3.05, 3.63) is 0 Å². The molecule has 0 spiro atoms. The molecule has 4 aliphatic rings. The highest BCUT2D eigenvalue weighted by Crippen LogP contribution is 2.35. The third-order valence-electron chi connectivity index (χ3n) is 7.74. The van der Waals surface area contributed by atoms with Crippen molar-refractivity contribution in [2.24, 2.45) is 22.9 Å². The summed E-state index contributed by atoms with van der Waals surface area (Å²) in [6.45, 7) is -0.508. The van der Waals surface area contributed by atoms with E-state index in [1.165, 1.54) is 0 Å². The van der Waals surface area contributed by atoms with Crippen molar-refractivity contribution in [3.63, 3.8) is 0 Å². The van der Waals surface area contributed by atoms with Crippen LogP contribution in [0.3, 0.4) is 0 Å². The average Bonchev–Trinajstić information content (AvgIpc) is 2.86. The SMILES string of the molecule is CN[C@@H]1[C@H](O[C@@H]2O[C@H](CO)[C@H](N)[C@H](O)[C@@H]2O)O[C@@H]2C[C@H](N)[C@H](O[C@H]3[C@@H](O)[C@@H](O)[C@@H](N)C[C@H]3N)O[C@H]2[C@@H]1O. The Kier molecular flexibility index (Phi) is 9.40. The largest absolute Gasteiger partial charge is 0.394 e. The van der Waals surface area contributed by atoms with Gasteiger partial charge >= 0.3 is 0 Å². The van der Waals surface area contributed by atoms with Crippen LogP contribution in [-0.4, -0.2) is 148 Å². The number of nitrogens with two attached hydrogens (primary N) is 4. The van der Waals surface area contributed by atoms with Crippen molar-refractivity contribution >= 4 is 0 Å². The first-order chi connectivity index (χ1) is 17.5. The van der Waals surface area contributed by atoms with Crippen LogP contribution in [0.25, 0.3) is 0 Å². The van der Waals surface area contributed by atoms with Crippen LogP contribution in [0, 0.1) is 0 Å². The van der Waals surface area contributed by atoms with Crippen LogP contribution in [0.4, 0.5) is 0 Å². The van der Waals surface area contributed by atoms with E-state index in [1.807, 2.05) is 0 Å². The lowest BCUT2D eigenvalue weighted by molar-refractivity contribution is -0.373. The van der Waals surface area contributed by atoms with Gasteiger partial charge < -0.3 is 82.6 Å². The van der Waals surface area contributed by atoms with Gasteiger partial charge in [0.15, 0.2) is 18.9 Å². The van der Waals surface area contributed by atoms with Crippen LogP contribution in [0.1, 0.15) is 12.8 Å². The van der Waals surface area contributed by atoms with Crippen LogP contribution >= 0.6 is 0 Å². The highest BCUT2D eigenvalue weighted by atomic mass is 16.8. The fourth-order valence-corrected chi connectivity index (χ4v) is 5.46. The molecule has 17 atom stereocenters. The summed E-state index contributed by atoms with van der Waals surface area (Å²) in [7, 11) is 1.55. The molecule has 1 saturated carbocycles. The van der Waals surface area contributed by atoms with E-state index in [9.17, 15) is 30.6 Å². The molecule has 0 amide bonds. The topological polar surface area (TPSA) is 284 Å². The normalized spacial score (nSPS) is 55.1. The summed E-state index contributed by atoms with van der Waals surface area (Å²) in [5, 5.41) is 64.7. The number of likely N-dealkylation sites (N-methyl/N-ethyl adjacent to an activating group) is 1. The zero-order chi connectivity index (χ0) is 27.2. The maximum atomic E-state index is 11.1. The first kappa shape index (κ1) is 29.3. The van der Waals surface area contributed by atoms with Gasteiger partial charge in [-0.2, -0.15) is 0 Å². The summed E-state index contributed by atoms with van der Waals surface area (Å²) in [5.74, 6) is 0. The number of ether oxygens (including phenoxy) is 5. The number of rotatable bonds is 6. The van der Waals surface area contributed by atoms with Gasteiger partial charge in [0, 0.05) is 12.1 Å². The minimum Gasteiger partial charge on any atom is -0.394 e. The molecule has 0 aromatic carbocycles. The molecular weight excluding hydrogens is 498 g/mol. The Morgan fingerprint density at radius 1 is 0.730 bits per heavy atom. The first-order valence-electron chi connectivity index (χ1n) is 12.5. The van der Waals surface area contributed by atoms with E-state index in [0.717, 1.165) is 0 Å². The number of hydrogen-bond donors (Lipinski definition) is 11. The Morgan fingerprint density at radius 2 is 1.43 bits per heavy atom. The highest BCUT2D eigenvalue weighted by molar-refractivity contribution is 5.01. The molecule has 0 bridgehead atoms. The van der Waals surface area contributed by atoms with Gasteiger partial charge in [-0.05, 0) is 19.9 Å². The van der Waals surface area contributed by atoms with E-state index in [1.54, 1.807) is 7.05 Å². The Morgan fingerprint density at radius 3 is 2.08 bits per heavy atom. The second-order valence-electron chi connectivity index (χ2n) is 10.3. The molecule has 16 heteroatoms. The van der Waals surface area contributed by atoms with E-state index < -0.39 is 111 Å². The molecule has 3 saturated heterocycles. The maximum Gasteiger partial charge on any atom is 0.189 e. The molecule has 1 aliphatic carbocycles. The Balaban J connectivity index is 1.43. The van der Waals surface area contributed by atoms with Crippen molar-refractivity contribution in [3.8, 4) is 0 Å². The lowest BCUT2D eigenvalue weighted by Gasteiger charge is -2.51. The van der Waals surface area contributed by atoms with Crippen LogP contribution in [0.2, 0.25) is 0 Å². The molecule has 0 unspecified atom stereocenters. The Labute approximate surface area is 213 Å². The van der Waals surface area contributed by atoms with E-state index in [-0.39, 0.29) is 12.8 Å². The smallest absolute Gasteiger partial charge is 0.189 e. The number of aliphatic hydroxyl groups is 6. The van der Waals surface area contributed by atoms with Crippen molar-refractivity contribution in [2.75, 3.05) is 13.7 Å². The zero-order valence-electron chi connectivity index (χ0n) is 20.5. The predicted molar refractivity (Wildman–Crippen MR) is 123 cm³/mol. The number of fused-ring (bicyclic) bond motifs is 1. The fourth-order valence-electron chi connectivity index (χ4n) is 5.46. The third-order valence-corrected chi connectivity index (χ3v) is 7.74. The number of aliphatic hydroxyl groups excluding tert-OH is 6. The Hall–Kier alpha value is -0.640. The molecule has 4 rings (SSSR count). The van der Waals surface area contributed by atoms with Gasteiger partial charge in [-0.15, -0.1) is 0 Å². The van der Waals surface area contributed by atoms with E-state index in [4.69, 9.17) is 46.6 Å². The molecule has 216 valence electrons. The highest BCUT2D eigenvalue weighted by Gasteiger charge is 2.54. The molecule has 15 N–H and O–H groups in total. The molecule has 3 aliphatic heterocycles. The van der Waals surface area contributed by atoms with Crippen LogP contribution in [-0.2, 0) is 23.7 Å². The van der Waals surface area contributed by atoms with E-state index >= 15 is 0 Å². The van der Waals surface area contributed by atoms with E-state index in [2.05, 4.69) is 5.32 Å². The summed E-state index contributed by atoms with van der Waals surface area (Å²) < 4.78 is 29.2. The van der Waals surface area contributed by atoms with Crippen molar-refractivity contribution in [1.82, 2.24) is 5.32 Å². The monoisotopic (exact) mass is 539 g/mol. The molecule has 0 aromatic heterocycles. The van der Waals surface area contributed by atoms with Gasteiger partial charge in [0.25, 0.3) is 0 Å². The van der Waals surface area contributed by atoms with Gasteiger partial charge in [-0.25, -0.2) is 0 Å². The minimum absolute atomic E-state index is 0.156. The van der Waals surface area contributed by atoms with Crippen LogP contribution in [0.5, 0.6) is 0 Å². The number of hydrogen-bond acceptors (Lipinski definition) is 16. The van der Waals surface area contributed by atoms with E-state index in [0.29, 0.717) is 0 Å². The summed E-state index contributed by atoms with van der Waals surface area (Å²) in [4.78, 5) is 0. The predicted octanol–water partition coefficient (Wildman–Crippen LogP) is -6.95. The summed E-state index contributed by atoms with van der Waals surface area (Å²) in [6, 6.07) is -4.05. The summed E-state index contributed by atoms with van der Waals surface area (Å²) >= 11 is 0. The molecule has 37 heavy (non-hydrogen) atoms. The lowest BCUT2D eigenvalue weighted by atomic mass is 9.84. The standard InChI is InChI=1S/C21H41N5O11/c1-26-11-14(30)18-8(33-20(11)37-21-16(32)13(29)10(25)9(4-27)34-21)3-7(24)19(36-18)35-17-6(23)2-5(22)12(28)15(17)31/h5-21,26-32H,2-4,22-25H2,1H3/t5-,6+,7-,8+,9+,10-,11-,12-,13-,14+,15-,16-,17+,18+,19+,20-,21-/m0/s1. The molecule has 3 heterocycles. The van der Waals surface area contributed by atoms with Crippen molar-refractivity contribution in [1.29, 1.82) is 0 Å². The van der Waals surface area contributed by atoms with Crippen LogP contribution in [0.15, 0.2) is 0 Å². The van der Waals surface area contributed by atoms with Crippen molar-refractivity contribution < 1.29 is 54.3 Å². The summed E-state index contributed by atoms with van der Waals surface area (Å²) in [5.41, 5.74) is 24.0. The van der Waals surface area contributed by atoms with Gasteiger partial charge in [0.05, 0.1) is 36.9 Å². The lowest BCUT2D eigenvalue weighted by Crippen LogP contribution is -2.70. The van der Waals surface area contributed by atoms with Gasteiger partial charge in [0.2, 0.25) is 0 Å². The average molecular weight is 540 g/mol. The molecule has 16 nitrogen and oxygen atoms in total. The van der Waals surface area contributed by atoms with Gasteiger partial charge in [-0.3, -0.25) is 0 Å². The Bertz CT molecular complexity index is 756. The molecule has 0 aromatic rings. The quantitative estimate of drug-likeness (QED) is 0.149. The number of nitrogens with one attached hydrogen (secondary N) is 1. The van der Waals surface area contributed by atoms with Crippen molar-refractivity contribution in [2.45, 2.75) is 117 Å². The first-order valence-corrected chi connectivity index (χ1v) is 12.5. The second-order valence-corrected chi connectivity index (χ2v) is 10.3. The third kappa shape index (κ3) is 5.66. The molecular formula is C21H41N5O11. The second kappa shape index (κ2) is 11.8. The molecule has 4 fully saturated rings. The minimum atomic E-state index is -1.54. The van der Waals surface area contributed by atoms with Crippen LogP contribution < -0.4 is 28.3 Å². The zero-order valence-corrected chi connectivity index (χ0v) is 20.5. The van der Waals surface area contributed by atoms with Gasteiger partial charge in [0.1, 0.15) is 42.7 Å². The summed E-state index contributed by atoms with van der Waals surface area (Å²) in [6.07, 6.45) is -13.7. The van der Waals surface area contributed by atoms with Gasteiger partial charge in [-0.1, -0.05) is 0 Å². The maximum absolute atomic E-state index is 11.1.